The molecule has 0 aliphatic carbocycles. The molecule has 1 aromatic rings. The average molecular weight is 251 g/mol. The summed E-state index contributed by atoms with van der Waals surface area (Å²) < 4.78 is 10.4. The van der Waals surface area contributed by atoms with Crippen LogP contribution in [0, 0.1) is 0 Å². The number of hydrogen-bond donors (Lipinski definition) is 1. The number of phenolic OH excluding ortho intramolecular Hbond substituents is 1. The topological polar surface area (TPSA) is 59.0 Å². The van der Waals surface area contributed by atoms with Gasteiger partial charge < -0.3 is 19.5 Å². The van der Waals surface area contributed by atoms with Crippen LogP contribution in [0.15, 0.2) is 18.2 Å². The smallest absolute Gasteiger partial charge is 0.257 e. The van der Waals surface area contributed by atoms with E-state index in [2.05, 4.69) is 0 Å². The van der Waals surface area contributed by atoms with Crippen molar-refractivity contribution in [3.05, 3.63) is 23.8 Å². The molecule has 0 unspecified atom stereocenters. The zero-order chi connectivity index (χ0) is 13.0. The van der Waals surface area contributed by atoms with E-state index in [-0.39, 0.29) is 17.2 Å². The second-order valence-corrected chi connectivity index (χ2v) is 4.14. The van der Waals surface area contributed by atoms with Crippen LogP contribution in [0.5, 0.6) is 11.5 Å². The summed E-state index contributed by atoms with van der Waals surface area (Å²) >= 11 is 0. The third-order valence-corrected chi connectivity index (χ3v) is 2.94. The van der Waals surface area contributed by atoms with Gasteiger partial charge in [-0.3, -0.25) is 4.79 Å². The van der Waals surface area contributed by atoms with E-state index in [1.54, 1.807) is 17.0 Å². The van der Waals surface area contributed by atoms with Crippen LogP contribution in [0.3, 0.4) is 0 Å². The van der Waals surface area contributed by atoms with Crippen molar-refractivity contribution in [3.8, 4) is 11.5 Å². The maximum absolute atomic E-state index is 12.3. The molecule has 5 nitrogen and oxygen atoms in total. The van der Waals surface area contributed by atoms with Gasteiger partial charge in [0, 0.05) is 19.7 Å². The van der Waals surface area contributed by atoms with E-state index in [4.69, 9.17) is 9.47 Å². The average Bonchev–Trinajstić information content (AvgIpc) is 2.67. The molecule has 1 aliphatic rings. The fourth-order valence-corrected chi connectivity index (χ4v) is 1.93. The second-order valence-electron chi connectivity index (χ2n) is 4.14. The standard InChI is InChI=1S/C13H17NO4/c1-17-10-3-4-12(15)11(9-10)13(16)14-5-2-7-18-8-6-14/h3-4,9,15H,2,5-8H2,1H3. The Morgan fingerprint density at radius 3 is 3.00 bits per heavy atom. The summed E-state index contributed by atoms with van der Waals surface area (Å²) in [7, 11) is 1.53. The van der Waals surface area contributed by atoms with Crippen LogP contribution in [-0.4, -0.2) is 49.3 Å². The molecule has 0 aromatic heterocycles. The van der Waals surface area contributed by atoms with Gasteiger partial charge in [-0.1, -0.05) is 0 Å². The SMILES string of the molecule is COc1ccc(O)c(C(=O)N2CCCOCC2)c1. The van der Waals surface area contributed by atoms with Crippen molar-refractivity contribution < 1.29 is 19.4 Å². The Morgan fingerprint density at radius 2 is 2.22 bits per heavy atom. The number of carbonyl (C=O) groups is 1. The van der Waals surface area contributed by atoms with Gasteiger partial charge in [-0.25, -0.2) is 0 Å². The van der Waals surface area contributed by atoms with Gasteiger partial charge in [-0.05, 0) is 24.6 Å². The fraction of sp³-hybridized carbons (Fsp3) is 0.462. The van der Waals surface area contributed by atoms with E-state index in [0.29, 0.717) is 32.1 Å². The van der Waals surface area contributed by atoms with Crippen molar-refractivity contribution in [1.82, 2.24) is 4.90 Å². The molecule has 0 saturated carbocycles. The summed E-state index contributed by atoms with van der Waals surface area (Å²) in [4.78, 5) is 14.0. The van der Waals surface area contributed by atoms with Crippen molar-refractivity contribution in [3.63, 3.8) is 0 Å². The zero-order valence-electron chi connectivity index (χ0n) is 10.4. The molecule has 1 fully saturated rings. The van der Waals surface area contributed by atoms with Crippen LogP contribution in [-0.2, 0) is 4.74 Å². The summed E-state index contributed by atoms with van der Waals surface area (Å²) in [5.41, 5.74) is 0.274. The third kappa shape index (κ3) is 2.73. The molecule has 1 N–H and O–H groups in total. The van der Waals surface area contributed by atoms with Gasteiger partial charge in [0.2, 0.25) is 0 Å². The lowest BCUT2D eigenvalue weighted by Gasteiger charge is -2.20. The highest BCUT2D eigenvalue weighted by Crippen LogP contribution is 2.24. The van der Waals surface area contributed by atoms with Crippen LogP contribution < -0.4 is 4.74 Å². The van der Waals surface area contributed by atoms with Crippen LogP contribution >= 0.6 is 0 Å². The molecular weight excluding hydrogens is 234 g/mol. The molecular formula is C13H17NO4. The number of rotatable bonds is 2. The lowest BCUT2D eigenvalue weighted by molar-refractivity contribution is 0.0738. The number of aromatic hydroxyl groups is 1. The number of amides is 1. The van der Waals surface area contributed by atoms with Gasteiger partial charge in [0.15, 0.2) is 0 Å². The highest BCUT2D eigenvalue weighted by molar-refractivity contribution is 5.97. The molecule has 5 heteroatoms. The molecule has 1 heterocycles. The fourth-order valence-electron chi connectivity index (χ4n) is 1.93. The summed E-state index contributed by atoms with van der Waals surface area (Å²) in [6.45, 7) is 2.41. The Hall–Kier alpha value is -1.75. The molecule has 2 rings (SSSR count). The maximum atomic E-state index is 12.3. The molecule has 0 atom stereocenters. The van der Waals surface area contributed by atoms with Crippen LogP contribution in [0.4, 0.5) is 0 Å². The van der Waals surface area contributed by atoms with E-state index in [9.17, 15) is 9.90 Å². The molecule has 18 heavy (non-hydrogen) atoms. The number of hydrogen-bond acceptors (Lipinski definition) is 4. The van der Waals surface area contributed by atoms with E-state index in [1.165, 1.54) is 13.2 Å². The van der Waals surface area contributed by atoms with Gasteiger partial charge in [0.1, 0.15) is 11.5 Å². The van der Waals surface area contributed by atoms with Crippen LogP contribution in [0.25, 0.3) is 0 Å². The molecule has 98 valence electrons. The Bertz CT molecular complexity index is 425. The lowest BCUT2D eigenvalue weighted by atomic mass is 10.1. The Kier molecular flexibility index (Phi) is 4.04. The number of benzene rings is 1. The highest BCUT2D eigenvalue weighted by Gasteiger charge is 2.20. The summed E-state index contributed by atoms with van der Waals surface area (Å²) in [6, 6.07) is 4.65. The van der Waals surface area contributed by atoms with Gasteiger partial charge in [-0.2, -0.15) is 0 Å². The quantitative estimate of drug-likeness (QED) is 0.859. The largest absolute Gasteiger partial charge is 0.507 e. The number of carbonyl (C=O) groups excluding carboxylic acids is 1. The zero-order valence-corrected chi connectivity index (χ0v) is 10.4. The number of methoxy groups -OCH3 is 1. The van der Waals surface area contributed by atoms with Crippen molar-refractivity contribution in [2.75, 3.05) is 33.4 Å². The Labute approximate surface area is 106 Å². The van der Waals surface area contributed by atoms with E-state index < -0.39 is 0 Å². The van der Waals surface area contributed by atoms with Gasteiger partial charge in [0.05, 0.1) is 19.3 Å². The van der Waals surface area contributed by atoms with Crippen molar-refractivity contribution >= 4 is 5.91 Å². The third-order valence-electron chi connectivity index (χ3n) is 2.94. The van der Waals surface area contributed by atoms with Crippen molar-refractivity contribution in [2.24, 2.45) is 0 Å². The first kappa shape index (κ1) is 12.7. The first-order chi connectivity index (χ1) is 8.72. The van der Waals surface area contributed by atoms with Crippen molar-refractivity contribution in [2.45, 2.75) is 6.42 Å². The number of nitrogens with zero attached hydrogens (tertiary/aromatic N) is 1. The van der Waals surface area contributed by atoms with Gasteiger partial charge >= 0.3 is 0 Å². The van der Waals surface area contributed by atoms with E-state index in [1.807, 2.05) is 0 Å². The van der Waals surface area contributed by atoms with Crippen LogP contribution in [0.2, 0.25) is 0 Å². The normalized spacial score (nSPS) is 16.2. The molecule has 1 aliphatic heterocycles. The number of ether oxygens (including phenoxy) is 2. The molecule has 1 aromatic carbocycles. The minimum atomic E-state index is -0.183. The van der Waals surface area contributed by atoms with Gasteiger partial charge in [0.25, 0.3) is 5.91 Å². The lowest BCUT2D eigenvalue weighted by Crippen LogP contribution is -2.33. The predicted octanol–water partition coefficient (Wildman–Crippen LogP) is 1.26. The van der Waals surface area contributed by atoms with E-state index in [0.717, 1.165) is 6.42 Å². The molecule has 1 amide bonds. The summed E-state index contributed by atoms with van der Waals surface area (Å²) in [5, 5.41) is 9.77. The second kappa shape index (κ2) is 5.73. The molecule has 1 saturated heterocycles. The van der Waals surface area contributed by atoms with Crippen molar-refractivity contribution in [1.29, 1.82) is 0 Å². The minimum absolute atomic E-state index is 0.0223. The summed E-state index contributed by atoms with van der Waals surface area (Å²) in [5.74, 6) is 0.352. The first-order valence-corrected chi connectivity index (χ1v) is 5.96. The van der Waals surface area contributed by atoms with E-state index >= 15 is 0 Å². The first-order valence-electron chi connectivity index (χ1n) is 5.96. The van der Waals surface area contributed by atoms with Gasteiger partial charge in [-0.15, -0.1) is 0 Å². The summed E-state index contributed by atoms with van der Waals surface area (Å²) in [6.07, 6.45) is 0.816. The Balaban J connectivity index is 2.21. The highest BCUT2D eigenvalue weighted by atomic mass is 16.5. The monoisotopic (exact) mass is 251 g/mol. The molecule has 0 bridgehead atoms. The molecule has 0 spiro atoms. The molecule has 0 radical (unpaired) electrons. The minimum Gasteiger partial charge on any atom is -0.507 e. The Morgan fingerprint density at radius 1 is 1.39 bits per heavy atom. The predicted molar refractivity (Wildman–Crippen MR) is 66.0 cm³/mol. The maximum Gasteiger partial charge on any atom is 0.257 e. The van der Waals surface area contributed by atoms with Crippen LogP contribution in [0.1, 0.15) is 16.8 Å². The number of phenols is 1.